The van der Waals surface area contributed by atoms with Crippen molar-refractivity contribution in [3.8, 4) is 0 Å². The molecule has 0 aliphatic rings. The molecular weight excluding hydrogens is 250 g/mol. The molecule has 2 rings (SSSR count). The van der Waals surface area contributed by atoms with Crippen LogP contribution in [0.15, 0.2) is 22.7 Å². The molecule has 20 heavy (non-hydrogen) atoms. The van der Waals surface area contributed by atoms with Gasteiger partial charge in [-0.1, -0.05) is 37.2 Å². The summed E-state index contributed by atoms with van der Waals surface area (Å²) in [5, 5.41) is 4.03. The Morgan fingerprint density at radius 1 is 1.20 bits per heavy atom. The van der Waals surface area contributed by atoms with Crippen molar-refractivity contribution >= 4 is 0 Å². The van der Waals surface area contributed by atoms with Gasteiger partial charge in [-0.2, -0.15) is 4.98 Å². The lowest BCUT2D eigenvalue weighted by Gasteiger charge is -2.08. The van der Waals surface area contributed by atoms with Crippen LogP contribution < -0.4 is 5.73 Å². The lowest BCUT2D eigenvalue weighted by atomic mass is 10.0. The second-order valence-electron chi connectivity index (χ2n) is 5.88. The predicted octanol–water partition coefficient (Wildman–Crippen LogP) is 3.32. The van der Waals surface area contributed by atoms with E-state index in [1.54, 1.807) is 0 Å². The summed E-state index contributed by atoms with van der Waals surface area (Å²) in [6.45, 7) is 8.48. The Morgan fingerprint density at radius 3 is 2.60 bits per heavy atom. The maximum atomic E-state index is 6.05. The normalized spacial score (nSPS) is 12.9. The molecule has 1 aromatic carbocycles. The summed E-state index contributed by atoms with van der Waals surface area (Å²) in [5.41, 5.74) is 9.82. The summed E-state index contributed by atoms with van der Waals surface area (Å²) in [7, 11) is 0. The zero-order valence-electron chi connectivity index (χ0n) is 12.7. The van der Waals surface area contributed by atoms with Crippen molar-refractivity contribution in [1.82, 2.24) is 10.1 Å². The Bertz CT molecular complexity index is 575. The highest BCUT2D eigenvalue weighted by Crippen LogP contribution is 2.18. The zero-order valence-corrected chi connectivity index (χ0v) is 12.7. The lowest BCUT2D eigenvalue weighted by molar-refractivity contribution is 0.333. The number of rotatable bonds is 5. The van der Waals surface area contributed by atoms with Crippen LogP contribution in [0.1, 0.15) is 54.7 Å². The van der Waals surface area contributed by atoms with E-state index < -0.39 is 0 Å². The van der Waals surface area contributed by atoms with Crippen LogP contribution in [-0.2, 0) is 6.42 Å². The van der Waals surface area contributed by atoms with Crippen LogP contribution in [0.5, 0.6) is 0 Å². The summed E-state index contributed by atoms with van der Waals surface area (Å²) >= 11 is 0. The fraction of sp³-hybridized carbons (Fsp3) is 0.500. The van der Waals surface area contributed by atoms with Gasteiger partial charge in [-0.15, -0.1) is 0 Å². The third kappa shape index (κ3) is 3.67. The highest BCUT2D eigenvalue weighted by atomic mass is 16.5. The number of nitrogens with two attached hydrogens (primary N) is 1. The maximum Gasteiger partial charge on any atom is 0.243 e. The van der Waals surface area contributed by atoms with Gasteiger partial charge in [0.25, 0.3) is 0 Å². The molecule has 0 aliphatic heterocycles. The molecular formula is C16H23N3O. The van der Waals surface area contributed by atoms with Crippen LogP contribution >= 0.6 is 0 Å². The van der Waals surface area contributed by atoms with Gasteiger partial charge in [-0.25, -0.2) is 0 Å². The summed E-state index contributed by atoms with van der Waals surface area (Å²) < 4.78 is 5.27. The van der Waals surface area contributed by atoms with E-state index in [1.807, 2.05) is 0 Å². The van der Waals surface area contributed by atoms with Crippen molar-refractivity contribution in [2.24, 2.45) is 11.7 Å². The van der Waals surface area contributed by atoms with Crippen LogP contribution in [0.3, 0.4) is 0 Å². The Kier molecular flexibility index (Phi) is 4.55. The van der Waals surface area contributed by atoms with E-state index in [4.69, 9.17) is 10.3 Å². The van der Waals surface area contributed by atoms with E-state index in [0.717, 1.165) is 6.42 Å². The fourth-order valence-corrected chi connectivity index (χ4v) is 2.19. The van der Waals surface area contributed by atoms with Crippen molar-refractivity contribution in [3.63, 3.8) is 0 Å². The minimum absolute atomic E-state index is 0.170. The SMILES string of the molecule is Cc1ccc(Cc2noc(C(N)CC(C)C)n2)cc1C. The summed E-state index contributed by atoms with van der Waals surface area (Å²) in [6, 6.07) is 6.22. The second kappa shape index (κ2) is 6.18. The Balaban J connectivity index is 2.07. The van der Waals surface area contributed by atoms with E-state index in [1.165, 1.54) is 16.7 Å². The summed E-state index contributed by atoms with van der Waals surface area (Å²) in [6.07, 6.45) is 1.53. The van der Waals surface area contributed by atoms with Gasteiger partial charge in [0, 0.05) is 6.42 Å². The molecule has 1 aromatic heterocycles. The molecule has 1 atom stereocenters. The summed E-state index contributed by atoms with van der Waals surface area (Å²) in [5.74, 6) is 1.75. The van der Waals surface area contributed by atoms with Crippen LogP contribution in [0.2, 0.25) is 0 Å². The molecule has 0 amide bonds. The molecule has 2 N–H and O–H groups in total. The molecule has 4 heteroatoms. The van der Waals surface area contributed by atoms with Crippen molar-refractivity contribution in [2.75, 3.05) is 0 Å². The van der Waals surface area contributed by atoms with E-state index >= 15 is 0 Å². The van der Waals surface area contributed by atoms with Crippen LogP contribution in [-0.4, -0.2) is 10.1 Å². The molecule has 4 nitrogen and oxygen atoms in total. The van der Waals surface area contributed by atoms with Gasteiger partial charge in [-0.05, 0) is 42.9 Å². The van der Waals surface area contributed by atoms with E-state index in [-0.39, 0.29) is 6.04 Å². The van der Waals surface area contributed by atoms with E-state index in [9.17, 15) is 0 Å². The standard InChI is InChI=1S/C16H23N3O/c1-10(2)7-14(17)16-18-15(19-20-16)9-13-6-5-11(3)12(4)8-13/h5-6,8,10,14H,7,9,17H2,1-4H3. The van der Waals surface area contributed by atoms with Gasteiger partial charge in [0.05, 0.1) is 6.04 Å². The lowest BCUT2D eigenvalue weighted by Crippen LogP contribution is -2.13. The largest absolute Gasteiger partial charge is 0.338 e. The van der Waals surface area contributed by atoms with Crippen molar-refractivity contribution in [3.05, 3.63) is 46.6 Å². The highest BCUT2D eigenvalue weighted by Gasteiger charge is 2.16. The van der Waals surface area contributed by atoms with Crippen LogP contribution in [0.25, 0.3) is 0 Å². The quantitative estimate of drug-likeness (QED) is 0.907. The third-order valence-electron chi connectivity index (χ3n) is 3.46. The Morgan fingerprint density at radius 2 is 1.95 bits per heavy atom. The van der Waals surface area contributed by atoms with Crippen LogP contribution in [0, 0.1) is 19.8 Å². The first-order valence-corrected chi connectivity index (χ1v) is 7.10. The number of benzene rings is 1. The molecule has 0 aliphatic carbocycles. The molecule has 2 aromatic rings. The van der Waals surface area contributed by atoms with Crippen molar-refractivity contribution < 1.29 is 4.52 Å². The molecule has 1 heterocycles. The number of aromatic nitrogens is 2. The molecule has 0 spiro atoms. The first-order chi connectivity index (χ1) is 9.45. The number of aryl methyl sites for hydroxylation is 2. The average Bonchev–Trinajstić information content (AvgIpc) is 2.82. The number of nitrogens with zero attached hydrogens (tertiary/aromatic N) is 2. The molecule has 0 saturated heterocycles. The minimum atomic E-state index is -0.170. The minimum Gasteiger partial charge on any atom is -0.338 e. The number of hydrogen-bond donors (Lipinski definition) is 1. The predicted molar refractivity (Wildman–Crippen MR) is 79.4 cm³/mol. The van der Waals surface area contributed by atoms with Crippen molar-refractivity contribution in [2.45, 2.75) is 46.6 Å². The van der Waals surface area contributed by atoms with Gasteiger partial charge >= 0.3 is 0 Å². The third-order valence-corrected chi connectivity index (χ3v) is 3.46. The first-order valence-electron chi connectivity index (χ1n) is 7.10. The zero-order chi connectivity index (χ0) is 14.7. The molecule has 108 valence electrons. The van der Waals surface area contributed by atoms with Gasteiger partial charge in [0.2, 0.25) is 5.89 Å². The van der Waals surface area contributed by atoms with E-state index in [2.05, 4.69) is 56.0 Å². The van der Waals surface area contributed by atoms with Gasteiger partial charge in [0.1, 0.15) is 0 Å². The summed E-state index contributed by atoms with van der Waals surface area (Å²) in [4.78, 5) is 4.41. The topological polar surface area (TPSA) is 64.9 Å². The van der Waals surface area contributed by atoms with Gasteiger partial charge in [-0.3, -0.25) is 0 Å². The molecule has 0 radical (unpaired) electrons. The fourth-order valence-electron chi connectivity index (χ4n) is 2.19. The van der Waals surface area contributed by atoms with E-state index in [0.29, 0.717) is 24.1 Å². The Hall–Kier alpha value is -1.68. The molecule has 0 saturated carbocycles. The molecule has 1 unspecified atom stereocenters. The van der Waals surface area contributed by atoms with Crippen molar-refractivity contribution in [1.29, 1.82) is 0 Å². The first kappa shape index (κ1) is 14.7. The highest BCUT2D eigenvalue weighted by molar-refractivity contribution is 5.31. The van der Waals surface area contributed by atoms with Gasteiger partial charge < -0.3 is 10.3 Å². The monoisotopic (exact) mass is 273 g/mol. The smallest absolute Gasteiger partial charge is 0.243 e. The second-order valence-corrected chi connectivity index (χ2v) is 5.88. The molecule has 0 bridgehead atoms. The van der Waals surface area contributed by atoms with Crippen LogP contribution in [0.4, 0.5) is 0 Å². The Labute approximate surface area is 120 Å². The number of hydrogen-bond acceptors (Lipinski definition) is 4. The average molecular weight is 273 g/mol. The van der Waals surface area contributed by atoms with Gasteiger partial charge in [0.15, 0.2) is 5.82 Å². The maximum absolute atomic E-state index is 6.05. The molecule has 0 fully saturated rings.